The number of nitrogens with one attached hydrogen (secondary N) is 2. The molecule has 3 aromatic rings. The van der Waals surface area contributed by atoms with E-state index in [1.807, 2.05) is 30.3 Å². The first-order chi connectivity index (χ1) is 15.6. The number of rotatable bonds is 10. The lowest BCUT2D eigenvalue weighted by molar-refractivity contribution is -0.119. The zero-order valence-electron chi connectivity index (χ0n) is 17.5. The number of amides is 2. The van der Waals surface area contributed by atoms with Crippen LogP contribution in [-0.4, -0.2) is 37.5 Å². The molecule has 0 saturated heterocycles. The second-order valence-corrected chi connectivity index (χ2v) is 7.58. The van der Waals surface area contributed by atoms with Crippen LogP contribution in [0.4, 0.5) is 5.69 Å². The number of carbonyl (C=O) groups excluding carboxylic acids is 2. The van der Waals surface area contributed by atoms with Gasteiger partial charge in [-0.05, 0) is 66.2 Å². The van der Waals surface area contributed by atoms with Gasteiger partial charge in [-0.15, -0.1) is 11.8 Å². The molecule has 0 aliphatic carbocycles. The van der Waals surface area contributed by atoms with Crippen molar-refractivity contribution in [3.8, 4) is 11.5 Å². The topological polar surface area (TPSA) is 89.0 Å². The lowest BCUT2D eigenvalue weighted by Crippen LogP contribution is -2.20. The summed E-state index contributed by atoms with van der Waals surface area (Å²) in [4.78, 5) is 24.9. The molecule has 3 aromatic carbocycles. The highest BCUT2D eigenvalue weighted by Gasteiger charge is 2.05. The lowest BCUT2D eigenvalue weighted by atomic mass is 10.2. The molecule has 3 rings (SSSR count). The Morgan fingerprint density at radius 3 is 2.28 bits per heavy atom. The highest BCUT2D eigenvalue weighted by molar-refractivity contribution is 8.00. The SMILES string of the molecule is COc1ccc(NC(=O)COc2ccc(/C=N\NC(=O)CSc3ccccc3)cc2)cc1. The van der Waals surface area contributed by atoms with E-state index in [1.54, 1.807) is 61.9 Å². The Morgan fingerprint density at radius 1 is 0.906 bits per heavy atom. The zero-order valence-corrected chi connectivity index (χ0v) is 18.3. The van der Waals surface area contributed by atoms with Gasteiger partial charge in [0.1, 0.15) is 11.5 Å². The third kappa shape index (κ3) is 7.81. The third-order valence-electron chi connectivity index (χ3n) is 4.14. The van der Waals surface area contributed by atoms with Crippen LogP contribution in [0, 0.1) is 0 Å². The fourth-order valence-corrected chi connectivity index (χ4v) is 3.26. The zero-order chi connectivity index (χ0) is 22.6. The monoisotopic (exact) mass is 449 g/mol. The molecule has 0 unspecified atom stereocenters. The third-order valence-corrected chi connectivity index (χ3v) is 5.15. The first-order valence-electron chi connectivity index (χ1n) is 9.79. The van der Waals surface area contributed by atoms with Crippen LogP contribution in [0.1, 0.15) is 5.56 Å². The van der Waals surface area contributed by atoms with E-state index in [-0.39, 0.29) is 24.2 Å². The van der Waals surface area contributed by atoms with Crippen molar-refractivity contribution in [1.82, 2.24) is 5.43 Å². The number of carbonyl (C=O) groups is 2. The van der Waals surface area contributed by atoms with Crippen molar-refractivity contribution in [2.45, 2.75) is 4.90 Å². The summed E-state index contributed by atoms with van der Waals surface area (Å²) < 4.78 is 10.6. The predicted molar refractivity (Wildman–Crippen MR) is 126 cm³/mol. The van der Waals surface area contributed by atoms with E-state index in [0.29, 0.717) is 17.2 Å². The van der Waals surface area contributed by atoms with E-state index < -0.39 is 0 Å². The number of hydrogen-bond donors (Lipinski definition) is 2. The smallest absolute Gasteiger partial charge is 0.262 e. The van der Waals surface area contributed by atoms with Crippen LogP contribution in [0.25, 0.3) is 0 Å². The van der Waals surface area contributed by atoms with Crippen molar-refractivity contribution in [1.29, 1.82) is 0 Å². The van der Waals surface area contributed by atoms with Crippen LogP contribution < -0.4 is 20.2 Å². The van der Waals surface area contributed by atoms with Gasteiger partial charge in [0.05, 0.1) is 19.1 Å². The summed E-state index contributed by atoms with van der Waals surface area (Å²) in [5.41, 5.74) is 3.95. The van der Waals surface area contributed by atoms with Gasteiger partial charge in [0.15, 0.2) is 6.61 Å². The van der Waals surface area contributed by atoms with Crippen molar-refractivity contribution in [3.63, 3.8) is 0 Å². The standard InChI is InChI=1S/C24H23N3O4S/c1-30-20-13-9-19(10-14-20)26-23(28)16-31-21-11-7-18(8-12-21)15-25-27-24(29)17-32-22-5-3-2-4-6-22/h2-15H,16-17H2,1H3,(H,26,28)(H,27,29)/b25-15-. The normalized spacial score (nSPS) is 10.5. The molecule has 0 fully saturated rings. The van der Waals surface area contributed by atoms with Crippen LogP contribution in [0.15, 0.2) is 88.9 Å². The minimum absolute atomic E-state index is 0.116. The van der Waals surface area contributed by atoms with Gasteiger partial charge in [-0.1, -0.05) is 18.2 Å². The number of hydrazone groups is 1. The van der Waals surface area contributed by atoms with Gasteiger partial charge in [-0.25, -0.2) is 5.43 Å². The Labute approximate surface area is 190 Å². The first-order valence-corrected chi connectivity index (χ1v) is 10.8. The van der Waals surface area contributed by atoms with Crippen molar-refractivity contribution in [2.24, 2.45) is 5.10 Å². The second kappa shape index (κ2) is 12.2. The molecule has 0 saturated carbocycles. The molecule has 0 bridgehead atoms. The van der Waals surface area contributed by atoms with E-state index in [2.05, 4.69) is 15.8 Å². The van der Waals surface area contributed by atoms with Gasteiger partial charge < -0.3 is 14.8 Å². The molecule has 164 valence electrons. The minimum atomic E-state index is -0.267. The molecule has 0 aromatic heterocycles. The number of ether oxygens (including phenoxy) is 2. The fraction of sp³-hybridized carbons (Fsp3) is 0.125. The van der Waals surface area contributed by atoms with Gasteiger partial charge in [0.2, 0.25) is 5.91 Å². The molecule has 2 amide bonds. The summed E-state index contributed by atoms with van der Waals surface area (Å²) in [6, 6.07) is 23.8. The number of methoxy groups -OCH3 is 1. The molecular weight excluding hydrogens is 426 g/mol. The van der Waals surface area contributed by atoms with Crippen LogP contribution in [0.3, 0.4) is 0 Å². The summed E-state index contributed by atoms with van der Waals surface area (Å²) in [5, 5.41) is 6.72. The Kier molecular flexibility index (Phi) is 8.70. The molecule has 7 nitrogen and oxygen atoms in total. The molecule has 0 aliphatic rings. The van der Waals surface area contributed by atoms with E-state index >= 15 is 0 Å². The second-order valence-electron chi connectivity index (χ2n) is 6.53. The Bertz CT molecular complexity index is 1040. The largest absolute Gasteiger partial charge is 0.497 e. The highest BCUT2D eigenvalue weighted by Crippen LogP contribution is 2.17. The van der Waals surface area contributed by atoms with Gasteiger partial charge in [-0.3, -0.25) is 9.59 Å². The highest BCUT2D eigenvalue weighted by atomic mass is 32.2. The van der Waals surface area contributed by atoms with Gasteiger partial charge in [0.25, 0.3) is 5.91 Å². The van der Waals surface area contributed by atoms with Crippen LogP contribution in [0.2, 0.25) is 0 Å². The summed E-state index contributed by atoms with van der Waals surface area (Å²) >= 11 is 1.45. The molecule has 0 radical (unpaired) electrons. The van der Waals surface area contributed by atoms with E-state index in [0.717, 1.165) is 10.5 Å². The molecule has 32 heavy (non-hydrogen) atoms. The summed E-state index contributed by atoms with van der Waals surface area (Å²) in [6.45, 7) is -0.116. The quantitative estimate of drug-likeness (QED) is 0.278. The predicted octanol–water partition coefficient (Wildman–Crippen LogP) is 3.96. The van der Waals surface area contributed by atoms with Crippen LogP contribution in [-0.2, 0) is 9.59 Å². The molecule has 8 heteroatoms. The van der Waals surface area contributed by atoms with Crippen molar-refractivity contribution in [3.05, 3.63) is 84.4 Å². The van der Waals surface area contributed by atoms with Crippen molar-refractivity contribution in [2.75, 3.05) is 24.8 Å². The fourth-order valence-electron chi connectivity index (χ4n) is 2.55. The Hall–Kier alpha value is -3.78. The average molecular weight is 450 g/mol. The molecule has 0 aliphatic heterocycles. The summed E-state index contributed by atoms with van der Waals surface area (Å²) in [7, 11) is 1.58. The molecule has 0 heterocycles. The number of thioether (sulfide) groups is 1. The minimum Gasteiger partial charge on any atom is -0.497 e. The number of anilines is 1. The maximum Gasteiger partial charge on any atom is 0.262 e. The van der Waals surface area contributed by atoms with Crippen LogP contribution in [0.5, 0.6) is 11.5 Å². The maximum atomic E-state index is 12.0. The Balaban J connectivity index is 1.38. The van der Waals surface area contributed by atoms with E-state index in [9.17, 15) is 9.59 Å². The van der Waals surface area contributed by atoms with Gasteiger partial charge >= 0.3 is 0 Å². The van der Waals surface area contributed by atoms with E-state index in [4.69, 9.17) is 9.47 Å². The van der Waals surface area contributed by atoms with Crippen LogP contribution >= 0.6 is 11.8 Å². The molecular formula is C24H23N3O4S. The summed E-state index contributed by atoms with van der Waals surface area (Å²) in [5.74, 6) is 1.10. The molecule has 2 N–H and O–H groups in total. The average Bonchev–Trinajstić information content (AvgIpc) is 2.83. The van der Waals surface area contributed by atoms with E-state index in [1.165, 1.54) is 11.8 Å². The van der Waals surface area contributed by atoms with Crippen molar-refractivity contribution < 1.29 is 19.1 Å². The first kappa shape index (κ1) is 22.9. The molecule has 0 spiro atoms. The van der Waals surface area contributed by atoms with Gasteiger partial charge in [0, 0.05) is 10.6 Å². The van der Waals surface area contributed by atoms with Gasteiger partial charge in [-0.2, -0.15) is 5.10 Å². The number of benzene rings is 3. The number of hydrogen-bond acceptors (Lipinski definition) is 6. The maximum absolute atomic E-state index is 12.0. The molecule has 0 atom stereocenters. The number of nitrogens with zero attached hydrogens (tertiary/aromatic N) is 1. The Morgan fingerprint density at radius 2 is 1.59 bits per heavy atom. The van der Waals surface area contributed by atoms with Crippen molar-refractivity contribution >= 4 is 35.5 Å². The lowest BCUT2D eigenvalue weighted by Gasteiger charge is -2.08. The summed E-state index contributed by atoms with van der Waals surface area (Å²) in [6.07, 6.45) is 1.55.